The third-order valence-electron chi connectivity index (χ3n) is 5.41. The number of para-hydroxylation sites is 1. The van der Waals surface area contributed by atoms with Crippen molar-refractivity contribution in [1.82, 2.24) is 0 Å². The Hall–Kier alpha value is -1.78. The van der Waals surface area contributed by atoms with Crippen molar-refractivity contribution in [2.45, 2.75) is 30.6 Å². The van der Waals surface area contributed by atoms with Crippen LogP contribution in [0.2, 0.25) is 0 Å². The topological polar surface area (TPSA) is 29.5 Å². The summed E-state index contributed by atoms with van der Waals surface area (Å²) in [6.45, 7) is 7.39. The first-order valence-corrected chi connectivity index (χ1v) is 10.4. The second-order valence-electron chi connectivity index (χ2n) is 6.86. The van der Waals surface area contributed by atoms with Crippen molar-refractivity contribution < 1.29 is 9.53 Å². The summed E-state index contributed by atoms with van der Waals surface area (Å²) in [6, 6.07) is 16.3. The molecule has 2 aromatic carbocycles. The highest BCUT2D eigenvalue weighted by Crippen LogP contribution is 2.38. The molecule has 26 heavy (non-hydrogen) atoms. The Kier molecular flexibility index (Phi) is 6.05. The number of ether oxygens (including phenoxy) is 1. The zero-order chi connectivity index (χ0) is 18.6. The Morgan fingerprint density at radius 3 is 2.38 bits per heavy atom. The Morgan fingerprint density at radius 1 is 1.12 bits per heavy atom. The van der Waals surface area contributed by atoms with Gasteiger partial charge in [0.2, 0.25) is 0 Å². The second-order valence-corrected chi connectivity index (χ2v) is 7.74. The van der Waals surface area contributed by atoms with E-state index >= 15 is 0 Å². The first kappa shape index (κ1) is 19.0. The molecule has 1 aliphatic rings. The number of carbonyl (C=O) groups excluding carboxylic acids is 1. The van der Waals surface area contributed by atoms with Gasteiger partial charge < -0.3 is 9.64 Å². The van der Waals surface area contributed by atoms with Crippen LogP contribution in [0.1, 0.15) is 36.2 Å². The predicted molar refractivity (Wildman–Crippen MR) is 110 cm³/mol. The summed E-state index contributed by atoms with van der Waals surface area (Å²) in [5, 5.41) is 0. The third kappa shape index (κ3) is 3.67. The molecule has 3 nitrogen and oxygen atoms in total. The molecule has 1 aliphatic heterocycles. The molecule has 4 heteroatoms. The van der Waals surface area contributed by atoms with Crippen molar-refractivity contribution >= 4 is 23.2 Å². The van der Waals surface area contributed by atoms with Gasteiger partial charge in [0.1, 0.15) is 0 Å². The van der Waals surface area contributed by atoms with Crippen LogP contribution in [0.15, 0.2) is 53.4 Å². The molecule has 1 saturated heterocycles. The quantitative estimate of drug-likeness (QED) is 0.540. The van der Waals surface area contributed by atoms with Crippen molar-refractivity contribution in [3.05, 3.63) is 59.7 Å². The minimum absolute atomic E-state index is 0.188. The van der Waals surface area contributed by atoms with Gasteiger partial charge in [-0.15, -0.1) is 11.8 Å². The molecule has 0 aliphatic carbocycles. The number of hydrogen-bond donors (Lipinski definition) is 0. The molecule has 0 spiro atoms. The standard InChI is InChI=1S/C22H27NO2S/c1-4-22(2,21(24)17-9-11-18(26-3)12-10-17)19-7-5-6-8-20(19)23-13-15-25-16-14-23/h5-12H,4,13-16H2,1-3H3. The molecule has 3 rings (SSSR count). The van der Waals surface area contributed by atoms with Gasteiger partial charge in [-0.25, -0.2) is 0 Å². The molecular formula is C22H27NO2S. The van der Waals surface area contributed by atoms with Gasteiger partial charge in [0.25, 0.3) is 0 Å². The number of carbonyl (C=O) groups is 1. The van der Waals surface area contributed by atoms with Crippen LogP contribution < -0.4 is 4.90 Å². The van der Waals surface area contributed by atoms with Crippen LogP contribution in [0.3, 0.4) is 0 Å². The van der Waals surface area contributed by atoms with Crippen LogP contribution in [0, 0.1) is 0 Å². The number of Topliss-reactive ketones (excluding diaryl/α,β-unsaturated/α-hetero) is 1. The van der Waals surface area contributed by atoms with E-state index in [1.165, 1.54) is 4.90 Å². The maximum Gasteiger partial charge on any atom is 0.173 e. The highest BCUT2D eigenvalue weighted by Gasteiger charge is 2.36. The van der Waals surface area contributed by atoms with Crippen LogP contribution in [-0.2, 0) is 10.2 Å². The maximum atomic E-state index is 13.5. The van der Waals surface area contributed by atoms with E-state index in [4.69, 9.17) is 4.74 Å². The van der Waals surface area contributed by atoms with Gasteiger partial charge in [-0.1, -0.05) is 37.3 Å². The first-order valence-electron chi connectivity index (χ1n) is 9.21. The maximum absolute atomic E-state index is 13.5. The summed E-state index contributed by atoms with van der Waals surface area (Å²) in [6.07, 6.45) is 2.81. The van der Waals surface area contributed by atoms with E-state index in [1.54, 1.807) is 11.8 Å². The lowest BCUT2D eigenvalue weighted by atomic mass is 9.73. The second kappa shape index (κ2) is 8.28. The summed E-state index contributed by atoms with van der Waals surface area (Å²) in [5.74, 6) is 0.188. The molecule has 138 valence electrons. The van der Waals surface area contributed by atoms with Crippen LogP contribution in [0.4, 0.5) is 5.69 Å². The van der Waals surface area contributed by atoms with E-state index in [9.17, 15) is 4.79 Å². The largest absolute Gasteiger partial charge is 0.378 e. The van der Waals surface area contributed by atoms with Gasteiger partial charge in [-0.05, 0) is 43.4 Å². The summed E-state index contributed by atoms with van der Waals surface area (Å²) >= 11 is 1.69. The van der Waals surface area contributed by atoms with Crippen molar-refractivity contribution in [2.75, 3.05) is 37.5 Å². The number of ketones is 1. The summed E-state index contributed by atoms with van der Waals surface area (Å²) in [7, 11) is 0. The zero-order valence-corrected chi connectivity index (χ0v) is 16.6. The molecule has 0 saturated carbocycles. The molecule has 0 bridgehead atoms. The number of morpholine rings is 1. The monoisotopic (exact) mass is 369 g/mol. The van der Waals surface area contributed by atoms with Crippen molar-refractivity contribution in [3.63, 3.8) is 0 Å². The minimum atomic E-state index is -0.546. The highest BCUT2D eigenvalue weighted by molar-refractivity contribution is 7.98. The number of thioether (sulfide) groups is 1. The van der Waals surface area contributed by atoms with Gasteiger partial charge in [0, 0.05) is 29.2 Å². The predicted octanol–water partition coefficient (Wildman–Crippen LogP) is 4.80. The molecule has 1 unspecified atom stereocenters. The minimum Gasteiger partial charge on any atom is -0.378 e. The van der Waals surface area contributed by atoms with Crippen molar-refractivity contribution in [3.8, 4) is 0 Å². The fourth-order valence-corrected chi connectivity index (χ4v) is 3.96. The fraction of sp³-hybridized carbons (Fsp3) is 0.409. The normalized spacial score (nSPS) is 17.0. The van der Waals surface area contributed by atoms with E-state index in [0.29, 0.717) is 0 Å². The SMILES string of the molecule is CCC(C)(C(=O)c1ccc(SC)cc1)c1ccccc1N1CCOCC1. The zero-order valence-electron chi connectivity index (χ0n) is 15.8. The number of rotatable bonds is 6. The molecular weight excluding hydrogens is 342 g/mol. The van der Waals surface area contributed by atoms with Crippen LogP contribution in [-0.4, -0.2) is 38.3 Å². The number of benzene rings is 2. The third-order valence-corrected chi connectivity index (χ3v) is 6.15. The molecule has 0 N–H and O–H groups in total. The summed E-state index contributed by atoms with van der Waals surface area (Å²) in [5.41, 5.74) is 2.51. The Labute approximate surface area is 160 Å². The molecule has 0 aromatic heterocycles. The van der Waals surface area contributed by atoms with Crippen LogP contribution in [0.25, 0.3) is 0 Å². The van der Waals surface area contributed by atoms with Gasteiger partial charge in [0.05, 0.1) is 18.6 Å². The molecule has 1 atom stereocenters. The number of hydrogen-bond acceptors (Lipinski definition) is 4. The van der Waals surface area contributed by atoms with Crippen molar-refractivity contribution in [2.24, 2.45) is 0 Å². The summed E-state index contributed by atoms with van der Waals surface area (Å²) in [4.78, 5) is 17.0. The summed E-state index contributed by atoms with van der Waals surface area (Å²) < 4.78 is 5.50. The van der Waals surface area contributed by atoms with E-state index in [0.717, 1.165) is 49.5 Å². The Morgan fingerprint density at radius 2 is 1.77 bits per heavy atom. The molecule has 0 radical (unpaired) electrons. The average Bonchev–Trinajstić information content (AvgIpc) is 2.73. The van der Waals surface area contributed by atoms with E-state index in [-0.39, 0.29) is 5.78 Å². The Bertz CT molecular complexity index is 753. The smallest absolute Gasteiger partial charge is 0.173 e. The molecule has 0 amide bonds. The van der Waals surface area contributed by atoms with Gasteiger partial charge in [0.15, 0.2) is 5.78 Å². The number of nitrogens with zero attached hydrogens (tertiary/aromatic N) is 1. The molecule has 2 aromatic rings. The van der Waals surface area contributed by atoms with Crippen LogP contribution >= 0.6 is 11.8 Å². The number of anilines is 1. The average molecular weight is 370 g/mol. The lowest BCUT2D eigenvalue weighted by molar-refractivity contribution is 0.0891. The highest BCUT2D eigenvalue weighted by atomic mass is 32.2. The van der Waals surface area contributed by atoms with E-state index < -0.39 is 5.41 Å². The van der Waals surface area contributed by atoms with Gasteiger partial charge in [-0.3, -0.25) is 4.79 Å². The van der Waals surface area contributed by atoms with Crippen LogP contribution in [0.5, 0.6) is 0 Å². The van der Waals surface area contributed by atoms with Gasteiger partial charge >= 0.3 is 0 Å². The van der Waals surface area contributed by atoms with E-state index in [1.807, 2.05) is 36.6 Å². The first-order chi connectivity index (χ1) is 12.6. The molecule has 1 fully saturated rings. The van der Waals surface area contributed by atoms with Gasteiger partial charge in [-0.2, -0.15) is 0 Å². The lowest BCUT2D eigenvalue weighted by Gasteiger charge is -2.36. The fourth-order valence-electron chi connectivity index (χ4n) is 3.55. The van der Waals surface area contributed by atoms with E-state index in [2.05, 4.69) is 36.9 Å². The van der Waals surface area contributed by atoms with Crippen molar-refractivity contribution in [1.29, 1.82) is 0 Å². The lowest BCUT2D eigenvalue weighted by Crippen LogP contribution is -2.40. The Balaban J connectivity index is 1.99. The molecule has 1 heterocycles.